The fourth-order valence-corrected chi connectivity index (χ4v) is 7.50. The third-order valence-corrected chi connectivity index (χ3v) is 11.1. The normalized spacial score (nSPS) is 14.6. The van der Waals surface area contributed by atoms with Crippen molar-refractivity contribution in [1.82, 2.24) is 29.5 Å². The molecule has 0 spiro atoms. The summed E-state index contributed by atoms with van der Waals surface area (Å²) in [5, 5.41) is 8.82. The fourth-order valence-electron chi connectivity index (χ4n) is 7.50. The van der Waals surface area contributed by atoms with Crippen LogP contribution in [0.15, 0.2) is 97.6 Å². The Hall–Kier alpha value is -6.82. The zero-order valence-corrected chi connectivity index (χ0v) is 38.4. The number of nitrogen functional groups attached to an aromatic ring is 1. The number of carbonyl (C=O) groups excluding carboxylic acids is 5. The smallest absolute Gasteiger partial charge is 0.257 e. The zero-order chi connectivity index (χ0) is 47.8. The number of nitrogens with one attached hydrogen (secondary N) is 1. The minimum atomic E-state index is -0.792. The minimum Gasteiger partial charge on any atom is -0.458 e. The van der Waals surface area contributed by atoms with Gasteiger partial charge >= 0.3 is 0 Å². The summed E-state index contributed by atoms with van der Waals surface area (Å²) in [5.74, 6) is 1.18. The number of fused-ring (bicyclic) bond motifs is 1. The molecule has 17 nitrogen and oxygen atoms in total. The Morgan fingerprint density at radius 1 is 0.970 bits per heavy atom. The summed E-state index contributed by atoms with van der Waals surface area (Å²) >= 11 is 0. The Morgan fingerprint density at radius 3 is 2.45 bits per heavy atom. The molecule has 0 bridgehead atoms. The van der Waals surface area contributed by atoms with Crippen LogP contribution in [0.4, 0.5) is 11.5 Å². The van der Waals surface area contributed by atoms with E-state index in [2.05, 4.69) is 21.9 Å². The van der Waals surface area contributed by atoms with Gasteiger partial charge in [-0.05, 0) is 94.0 Å². The van der Waals surface area contributed by atoms with Crippen LogP contribution in [-0.4, -0.2) is 133 Å². The van der Waals surface area contributed by atoms with E-state index in [1.54, 1.807) is 24.3 Å². The molecule has 4 aromatic rings. The third kappa shape index (κ3) is 14.8. The summed E-state index contributed by atoms with van der Waals surface area (Å²) in [6, 6.07) is 11.6. The van der Waals surface area contributed by atoms with Gasteiger partial charge in [0.2, 0.25) is 5.91 Å². The van der Waals surface area contributed by atoms with Gasteiger partial charge in [-0.1, -0.05) is 36.9 Å². The first-order chi connectivity index (χ1) is 32.7. The number of rotatable bonds is 29. The van der Waals surface area contributed by atoms with Crippen molar-refractivity contribution in [3.8, 4) is 17.0 Å². The maximum absolute atomic E-state index is 13.3. The number of benzene rings is 2. The second-order valence-corrected chi connectivity index (χ2v) is 15.7. The summed E-state index contributed by atoms with van der Waals surface area (Å²) in [4.78, 5) is 72.6. The fraction of sp³-hybridized carbons (Fsp3) is 0.400. The number of hydrogen-bond acceptors (Lipinski definition) is 14. The molecule has 2 amide bonds. The molecule has 2 aromatic heterocycles. The summed E-state index contributed by atoms with van der Waals surface area (Å²) in [6.45, 7) is 9.64. The summed E-state index contributed by atoms with van der Waals surface area (Å²) < 4.78 is 24.9. The number of aromatic nitrogens is 4. The van der Waals surface area contributed by atoms with E-state index in [9.17, 15) is 24.0 Å². The molecule has 356 valence electrons. The van der Waals surface area contributed by atoms with Crippen molar-refractivity contribution in [2.24, 2.45) is 0 Å². The van der Waals surface area contributed by atoms with E-state index >= 15 is 0 Å². The molecule has 5 rings (SSSR count). The largest absolute Gasteiger partial charge is 0.458 e. The van der Waals surface area contributed by atoms with E-state index in [1.165, 1.54) is 24.3 Å². The van der Waals surface area contributed by atoms with Gasteiger partial charge in [-0.3, -0.25) is 14.4 Å². The molecule has 2 aromatic carbocycles. The van der Waals surface area contributed by atoms with Crippen molar-refractivity contribution in [2.45, 2.75) is 64.0 Å². The quantitative estimate of drug-likeness (QED) is 0.0194. The number of ether oxygens (including phenoxy) is 4. The summed E-state index contributed by atoms with van der Waals surface area (Å²) in [7, 11) is 1.47. The van der Waals surface area contributed by atoms with E-state index in [4.69, 9.17) is 29.8 Å². The van der Waals surface area contributed by atoms with Gasteiger partial charge in [0.25, 0.3) is 5.91 Å². The molecular formula is C50H62N8O9. The second kappa shape index (κ2) is 27.6. The number of amides is 2. The standard InChI is InChI=1S/C50H62N8O9/c1-4-6-17-41(5-2)67-42-22-20-37(21-23-42)47-46-48(51)53-36-54-49(46)58(55-47)39-15-12-25-57(33-39)44(62)19-9-7-8-10-27-64-29-31-66-32-30-65-28-24-52-43-18-11-14-38(34-60)45(43)50(63)56(3)40(35-61)16-13-26-59/h4-6,9,11,14,17-23,26,34-36,39-40,52H,1,7-8,10,12-13,15-16,24-25,27-33H2,2-3H3,(H2,51,53,54)/b17-6-,19-9+,41-5+. The van der Waals surface area contributed by atoms with E-state index in [0.717, 1.165) is 37.7 Å². The Morgan fingerprint density at radius 2 is 1.73 bits per heavy atom. The van der Waals surface area contributed by atoms with Crippen LogP contribution in [0.5, 0.6) is 5.75 Å². The summed E-state index contributed by atoms with van der Waals surface area (Å²) in [5.41, 5.74) is 9.32. The zero-order valence-electron chi connectivity index (χ0n) is 38.4. The van der Waals surface area contributed by atoms with Gasteiger partial charge in [-0.15, -0.1) is 0 Å². The van der Waals surface area contributed by atoms with Gasteiger partial charge in [-0.2, -0.15) is 5.10 Å². The SMILES string of the molecule is C=C/C=C\C(=C/C)Oc1ccc(-c2nn(C3CCCN(C(=O)/C=C/CCCCOCCOCCOCCNc4cccc(C=O)c4C(=O)N(C)C(C=O)CCC=O)C3)c3ncnc(N)c23)cc1. The average Bonchev–Trinajstić information content (AvgIpc) is 3.76. The van der Waals surface area contributed by atoms with Crippen LogP contribution in [0.3, 0.4) is 0 Å². The molecule has 17 heteroatoms. The molecule has 2 unspecified atom stereocenters. The summed E-state index contributed by atoms with van der Waals surface area (Å²) in [6.07, 6.45) is 18.6. The number of hydrogen-bond donors (Lipinski definition) is 2. The maximum Gasteiger partial charge on any atom is 0.257 e. The lowest BCUT2D eigenvalue weighted by Crippen LogP contribution is -2.40. The lowest BCUT2D eigenvalue weighted by Gasteiger charge is -2.32. The van der Waals surface area contributed by atoms with E-state index in [0.29, 0.717) is 118 Å². The molecule has 0 saturated carbocycles. The lowest BCUT2D eigenvalue weighted by atomic mass is 10.0. The average molecular weight is 919 g/mol. The highest BCUT2D eigenvalue weighted by Crippen LogP contribution is 2.35. The van der Waals surface area contributed by atoms with Crippen molar-refractivity contribution in [1.29, 1.82) is 0 Å². The molecular weight excluding hydrogens is 857 g/mol. The first-order valence-electron chi connectivity index (χ1n) is 22.6. The first-order valence-corrected chi connectivity index (χ1v) is 22.6. The predicted molar refractivity (Wildman–Crippen MR) is 257 cm³/mol. The van der Waals surface area contributed by atoms with Gasteiger partial charge in [0.05, 0.1) is 56.1 Å². The van der Waals surface area contributed by atoms with Gasteiger partial charge in [-0.25, -0.2) is 14.6 Å². The van der Waals surface area contributed by atoms with Crippen LogP contribution in [-0.2, 0) is 28.6 Å². The molecule has 1 saturated heterocycles. The maximum atomic E-state index is 13.3. The number of likely N-dealkylation sites (tertiary alicyclic amines) is 1. The Kier molecular flexibility index (Phi) is 21.1. The predicted octanol–water partition coefficient (Wildman–Crippen LogP) is 6.58. The minimum absolute atomic E-state index is 0.0319. The number of carbonyl (C=O) groups is 5. The van der Waals surface area contributed by atoms with Gasteiger partial charge in [0.1, 0.15) is 41.9 Å². The molecule has 1 aliphatic rings. The highest BCUT2D eigenvalue weighted by Gasteiger charge is 2.29. The topological polar surface area (TPSA) is 210 Å². The van der Waals surface area contributed by atoms with Crippen LogP contribution in [0.1, 0.15) is 78.6 Å². The van der Waals surface area contributed by atoms with Crippen molar-refractivity contribution < 1.29 is 42.9 Å². The number of allylic oxidation sites excluding steroid dienone is 5. The molecule has 2 atom stereocenters. The molecule has 3 N–H and O–H groups in total. The number of piperidine rings is 1. The van der Waals surface area contributed by atoms with E-state index < -0.39 is 11.9 Å². The van der Waals surface area contributed by atoms with E-state index in [-0.39, 0.29) is 35.9 Å². The van der Waals surface area contributed by atoms with Crippen LogP contribution in [0.2, 0.25) is 0 Å². The number of aldehydes is 3. The van der Waals surface area contributed by atoms with Crippen LogP contribution < -0.4 is 15.8 Å². The van der Waals surface area contributed by atoms with Crippen molar-refractivity contribution in [3.63, 3.8) is 0 Å². The van der Waals surface area contributed by atoms with Crippen molar-refractivity contribution in [3.05, 3.63) is 109 Å². The number of nitrogens with zero attached hydrogens (tertiary/aromatic N) is 6. The van der Waals surface area contributed by atoms with Crippen LogP contribution in [0, 0.1) is 0 Å². The van der Waals surface area contributed by atoms with Crippen LogP contribution in [0.25, 0.3) is 22.3 Å². The van der Waals surface area contributed by atoms with E-state index in [1.807, 2.05) is 65.1 Å². The van der Waals surface area contributed by atoms with Crippen LogP contribution >= 0.6 is 0 Å². The number of unbranched alkanes of at least 4 members (excludes halogenated alkanes) is 2. The monoisotopic (exact) mass is 918 g/mol. The highest BCUT2D eigenvalue weighted by atomic mass is 16.5. The molecule has 1 fully saturated rings. The Labute approximate surface area is 391 Å². The molecule has 67 heavy (non-hydrogen) atoms. The lowest BCUT2D eigenvalue weighted by molar-refractivity contribution is -0.127. The molecule has 0 aliphatic carbocycles. The molecule has 3 heterocycles. The Balaban J connectivity index is 0.961. The first kappa shape index (κ1) is 51.2. The van der Waals surface area contributed by atoms with Gasteiger partial charge in [0.15, 0.2) is 11.9 Å². The van der Waals surface area contributed by atoms with Crippen molar-refractivity contribution in [2.75, 3.05) is 77.4 Å². The number of nitrogens with two attached hydrogens (primary N) is 1. The molecule has 0 radical (unpaired) electrons. The number of anilines is 2. The number of likely N-dealkylation sites (N-methyl/N-ethyl adjacent to an activating group) is 1. The van der Waals surface area contributed by atoms with Gasteiger partial charge in [0, 0.05) is 56.5 Å². The second-order valence-electron chi connectivity index (χ2n) is 15.7. The Bertz CT molecular complexity index is 2360. The third-order valence-electron chi connectivity index (χ3n) is 11.1. The van der Waals surface area contributed by atoms with Gasteiger partial charge < -0.3 is 49.4 Å². The highest BCUT2D eigenvalue weighted by molar-refractivity contribution is 6.06. The van der Waals surface area contributed by atoms with Crippen molar-refractivity contribution >= 4 is 53.2 Å². The molecule has 1 aliphatic heterocycles.